The number of aromatic hydroxyl groups is 1. The zero-order chi connectivity index (χ0) is 27.6. The molecule has 2 N–H and O–H groups in total. The van der Waals surface area contributed by atoms with Crippen LogP contribution in [0.1, 0.15) is 28.0 Å². The van der Waals surface area contributed by atoms with Gasteiger partial charge in [-0.25, -0.2) is 0 Å². The number of carbonyl (C=O) groups excluding carboxylic acids is 1. The van der Waals surface area contributed by atoms with Gasteiger partial charge in [-0.1, -0.05) is 48.6 Å². The zero-order valence-electron chi connectivity index (χ0n) is 22.2. The topological polar surface area (TPSA) is 73.2 Å². The van der Waals surface area contributed by atoms with Crippen molar-refractivity contribution in [2.75, 3.05) is 20.1 Å². The molecule has 5 atom stereocenters. The van der Waals surface area contributed by atoms with Crippen LogP contribution in [0.3, 0.4) is 0 Å². The predicted octanol–water partition coefficient (Wildman–Crippen LogP) is 4.93. The second-order valence-corrected chi connectivity index (χ2v) is 13.2. The first-order valence-corrected chi connectivity index (χ1v) is 15.4. The van der Waals surface area contributed by atoms with Gasteiger partial charge in [-0.15, -0.1) is 11.3 Å². The van der Waals surface area contributed by atoms with Gasteiger partial charge in [-0.2, -0.15) is 0 Å². The fourth-order valence-corrected chi connectivity index (χ4v) is 8.86. The third kappa shape index (κ3) is 3.76. The highest BCUT2D eigenvalue weighted by Gasteiger charge is 2.72. The molecule has 0 saturated carbocycles. The van der Waals surface area contributed by atoms with Crippen LogP contribution in [0.5, 0.6) is 11.5 Å². The van der Waals surface area contributed by atoms with Gasteiger partial charge < -0.3 is 19.8 Å². The molecule has 7 rings (SSSR count). The SMILES string of the molecule is CN(C(=O)/C=C/c1cc(Br)cs1)C1C=C[C@@]2(O)[C@H]3Cc4ccc(O)c5c4[C@@]2(CCN3CCc2ccccc2)C1O5. The summed E-state index contributed by atoms with van der Waals surface area (Å²) in [4.78, 5) is 18.5. The van der Waals surface area contributed by atoms with E-state index in [4.69, 9.17) is 4.74 Å². The monoisotopic (exact) mass is 618 g/mol. The van der Waals surface area contributed by atoms with Crippen LogP contribution in [0.2, 0.25) is 0 Å². The molecule has 1 spiro atoms. The third-order valence-corrected chi connectivity index (χ3v) is 11.1. The summed E-state index contributed by atoms with van der Waals surface area (Å²) in [6, 6.07) is 15.6. The Morgan fingerprint density at radius 3 is 2.88 bits per heavy atom. The van der Waals surface area contributed by atoms with Crippen molar-refractivity contribution < 1.29 is 19.7 Å². The van der Waals surface area contributed by atoms with Crippen molar-refractivity contribution in [2.45, 2.75) is 48.5 Å². The quantitative estimate of drug-likeness (QED) is 0.303. The van der Waals surface area contributed by atoms with Gasteiger partial charge in [-0.3, -0.25) is 9.69 Å². The van der Waals surface area contributed by atoms with Crippen LogP contribution in [0.25, 0.3) is 6.08 Å². The van der Waals surface area contributed by atoms with Gasteiger partial charge in [0.05, 0.1) is 11.5 Å². The van der Waals surface area contributed by atoms with Gasteiger partial charge in [0.25, 0.3) is 0 Å². The number of hydrogen-bond acceptors (Lipinski definition) is 6. The summed E-state index contributed by atoms with van der Waals surface area (Å²) >= 11 is 5.02. The molecule has 2 aliphatic carbocycles. The van der Waals surface area contributed by atoms with Crippen molar-refractivity contribution in [3.63, 3.8) is 0 Å². The molecule has 2 aliphatic heterocycles. The number of phenols is 1. The summed E-state index contributed by atoms with van der Waals surface area (Å²) < 4.78 is 7.57. The fraction of sp³-hybridized carbons (Fsp3) is 0.344. The number of benzene rings is 2. The van der Waals surface area contributed by atoms with Crippen LogP contribution >= 0.6 is 27.3 Å². The van der Waals surface area contributed by atoms with E-state index >= 15 is 0 Å². The van der Waals surface area contributed by atoms with Crippen molar-refractivity contribution in [3.8, 4) is 11.5 Å². The number of thiophene rings is 1. The van der Waals surface area contributed by atoms with Gasteiger partial charge >= 0.3 is 0 Å². The van der Waals surface area contributed by atoms with Crippen molar-refractivity contribution in [1.29, 1.82) is 0 Å². The van der Waals surface area contributed by atoms with E-state index in [1.54, 1.807) is 35.4 Å². The van der Waals surface area contributed by atoms with E-state index in [0.29, 0.717) is 18.6 Å². The number of hydrogen-bond donors (Lipinski definition) is 2. The van der Waals surface area contributed by atoms with Crippen molar-refractivity contribution in [2.24, 2.45) is 0 Å². The maximum Gasteiger partial charge on any atom is 0.246 e. The largest absolute Gasteiger partial charge is 0.504 e. The molecule has 2 aromatic carbocycles. The molecule has 4 aliphatic rings. The van der Waals surface area contributed by atoms with Crippen LogP contribution in [0.15, 0.2) is 76.6 Å². The number of carbonyl (C=O) groups is 1. The van der Waals surface area contributed by atoms with E-state index in [9.17, 15) is 15.0 Å². The lowest BCUT2D eigenvalue weighted by Crippen LogP contribution is -2.76. The van der Waals surface area contributed by atoms with E-state index in [-0.39, 0.29) is 17.7 Å². The normalized spacial score (nSPS) is 29.8. The zero-order valence-corrected chi connectivity index (χ0v) is 24.6. The molecule has 2 unspecified atom stereocenters. The van der Waals surface area contributed by atoms with E-state index < -0.39 is 23.2 Å². The Kier molecular flexibility index (Phi) is 6.23. The molecule has 3 aromatic rings. The van der Waals surface area contributed by atoms with Crippen molar-refractivity contribution in [3.05, 3.63) is 98.2 Å². The van der Waals surface area contributed by atoms with Crippen LogP contribution in [-0.2, 0) is 23.1 Å². The van der Waals surface area contributed by atoms with Gasteiger partial charge in [0.2, 0.25) is 5.91 Å². The van der Waals surface area contributed by atoms with Crippen LogP contribution in [-0.4, -0.2) is 69.8 Å². The summed E-state index contributed by atoms with van der Waals surface area (Å²) in [5, 5.41) is 25.5. The minimum absolute atomic E-state index is 0.0886. The number of likely N-dealkylation sites (tertiary alicyclic amines) is 1. The van der Waals surface area contributed by atoms with Crippen molar-refractivity contribution >= 4 is 39.2 Å². The highest BCUT2D eigenvalue weighted by Crippen LogP contribution is 2.64. The lowest BCUT2D eigenvalue weighted by atomic mass is 9.50. The van der Waals surface area contributed by atoms with E-state index in [2.05, 4.69) is 45.1 Å². The maximum absolute atomic E-state index is 13.4. The summed E-state index contributed by atoms with van der Waals surface area (Å²) in [5.41, 5.74) is 1.38. The molecule has 2 bridgehead atoms. The fourth-order valence-electron chi connectivity index (χ4n) is 7.52. The third-order valence-electron chi connectivity index (χ3n) is 9.43. The second kappa shape index (κ2) is 9.58. The van der Waals surface area contributed by atoms with Crippen LogP contribution in [0, 0.1) is 0 Å². The number of rotatable bonds is 6. The molecule has 1 amide bonds. The molecular formula is C32H31BrN2O4S. The summed E-state index contributed by atoms with van der Waals surface area (Å²) in [7, 11) is 1.79. The number of phenolic OH excluding ortho intramolecular Hbond substituents is 1. The van der Waals surface area contributed by atoms with Gasteiger partial charge in [0.15, 0.2) is 11.5 Å². The first-order chi connectivity index (χ1) is 19.3. The minimum atomic E-state index is -1.18. The number of amides is 1. The average Bonchev–Trinajstić information content (AvgIpc) is 3.53. The summed E-state index contributed by atoms with van der Waals surface area (Å²) in [6.07, 6.45) is 9.03. The molecule has 1 aromatic heterocycles. The van der Waals surface area contributed by atoms with Gasteiger partial charge in [0.1, 0.15) is 11.7 Å². The van der Waals surface area contributed by atoms with E-state index in [1.165, 1.54) is 5.56 Å². The van der Waals surface area contributed by atoms with Crippen LogP contribution in [0.4, 0.5) is 0 Å². The molecule has 6 nitrogen and oxygen atoms in total. The summed E-state index contributed by atoms with van der Waals surface area (Å²) in [6.45, 7) is 1.65. The number of halogens is 1. The first kappa shape index (κ1) is 26.0. The molecular weight excluding hydrogens is 588 g/mol. The highest BCUT2D eigenvalue weighted by molar-refractivity contribution is 9.10. The molecule has 3 heterocycles. The molecule has 0 radical (unpaired) electrons. The Morgan fingerprint density at radius 2 is 2.10 bits per heavy atom. The molecule has 1 saturated heterocycles. The second-order valence-electron chi connectivity index (χ2n) is 11.3. The number of ether oxygens (including phenoxy) is 1. The average molecular weight is 620 g/mol. The standard InChI is InChI=1S/C32H31BrN2O4S/c1-34(27(37)10-8-23-18-22(33)19-40-23)24-11-13-32(38)26-17-21-7-9-25(36)29-28(21)31(32,30(24)39-29)14-16-35(26)15-12-20-5-3-2-4-6-20/h2-11,13,18-19,24,26,30,36,38H,12,14-17H2,1H3/b10-8+/t24?,26-,30?,31+,32-/m1/s1. The lowest BCUT2D eigenvalue weighted by molar-refractivity contribution is -0.154. The van der Waals surface area contributed by atoms with E-state index in [0.717, 1.165) is 40.0 Å². The smallest absolute Gasteiger partial charge is 0.246 e. The maximum atomic E-state index is 13.4. The Morgan fingerprint density at radius 1 is 1.27 bits per heavy atom. The number of likely N-dealkylation sites (N-methyl/N-ethyl adjacent to an activating group) is 1. The van der Waals surface area contributed by atoms with Crippen molar-refractivity contribution in [1.82, 2.24) is 9.80 Å². The van der Waals surface area contributed by atoms with Crippen LogP contribution < -0.4 is 4.74 Å². The Bertz CT molecular complexity index is 1540. The minimum Gasteiger partial charge on any atom is -0.504 e. The molecule has 206 valence electrons. The number of aliphatic hydroxyl groups is 1. The van der Waals surface area contributed by atoms with E-state index in [1.807, 2.05) is 41.8 Å². The Balaban J connectivity index is 1.24. The predicted molar refractivity (Wildman–Crippen MR) is 160 cm³/mol. The molecule has 40 heavy (non-hydrogen) atoms. The summed E-state index contributed by atoms with van der Waals surface area (Å²) in [5.74, 6) is 0.411. The highest BCUT2D eigenvalue weighted by atomic mass is 79.9. The number of piperidine rings is 1. The molecule has 1 fully saturated rings. The van der Waals surface area contributed by atoms with Gasteiger partial charge in [0, 0.05) is 46.0 Å². The lowest BCUT2D eigenvalue weighted by Gasteiger charge is -2.62. The Hall–Kier alpha value is -2.91. The molecule has 8 heteroatoms. The Labute approximate surface area is 246 Å². The van der Waals surface area contributed by atoms with Gasteiger partial charge in [-0.05, 0) is 71.1 Å². The number of nitrogens with zero attached hydrogens (tertiary/aromatic N) is 2. The first-order valence-electron chi connectivity index (χ1n) is 13.7.